The Morgan fingerprint density at radius 1 is 1.17 bits per heavy atom. The Morgan fingerprint density at radius 3 is 2.59 bits per heavy atom. The first-order chi connectivity index (χ1) is 14.0. The Bertz CT molecular complexity index is 1120. The van der Waals surface area contributed by atoms with E-state index < -0.39 is 23.5 Å². The molecule has 0 saturated heterocycles. The second-order valence-electron chi connectivity index (χ2n) is 6.09. The van der Waals surface area contributed by atoms with Crippen molar-refractivity contribution >= 4 is 45.9 Å². The summed E-state index contributed by atoms with van der Waals surface area (Å²) >= 11 is 6.07. The minimum Gasteiger partial charge on any atom is -0.468 e. The van der Waals surface area contributed by atoms with Crippen molar-refractivity contribution in [1.29, 1.82) is 0 Å². The molecule has 1 heterocycles. The zero-order valence-electron chi connectivity index (χ0n) is 15.6. The number of rotatable bonds is 5. The molecule has 0 saturated carbocycles. The molecular weight excluding hydrogens is 396 g/mol. The Morgan fingerprint density at radius 2 is 1.90 bits per heavy atom. The van der Waals surface area contributed by atoms with Crippen molar-refractivity contribution in [3.8, 4) is 0 Å². The molecule has 0 bridgehead atoms. The van der Waals surface area contributed by atoms with Gasteiger partial charge in [-0.25, -0.2) is 4.98 Å². The van der Waals surface area contributed by atoms with Crippen LogP contribution in [0.4, 0.5) is 5.69 Å². The van der Waals surface area contributed by atoms with Gasteiger partial charge in [0.05, 0.1) is 30.0 Å². The maximum atomic E-state index is 12.8. The number of carbonyl (C=O) groups is 2. The van der Waals surface area contributed by atoms with Gasteiger partial charge in [0, 0.05) is 10.7 Å². The van der Waals surface area contributed by atoms with Crippen LogP contribution < -0.4 is 5.32 Å². The monoisotopic (exact) mass is 412 g/mol. The molecule has 3 aromatic rings. The number of nitrogens with one attached hydrogen (secondary N) is 1. The van der Waals surface area contributed by atoms with Crippen LogP contribution in [0.3, 0.4) is 0 Å². The number of halogens is 1. The van der Waals surface area contributed by atoms with Gasteiger partial charge in [0.15, 0.2) is 11.6 Å². The van der Waals surface area contributed by atoms with Crippen LogP contribution in [0, 0.1) is 6.92 Å². The highest BCUT2D eigenvalue weighted by atomic mass is 35.5. The standard InChI is InChI=1S/C20H17ClN4O4/c1-11-12(21)6-5-9-13(11)24-19(26)18(25-28)17(20(27)29-2)16-10-22-14-7-3-4-8-15(14)23-16/h3-10,17,28H,1-2H3,(H,24,26)/b25-18+. The van der Waals surface area contributed by atoms with E-state index in [-0.39, 0.29) is 5.69 Å². The van der Waals surface area contributed by atoms with E-state index in [0.29, 0.717) is 27.3 Å². The number of ether oxygens (including phenoxy) is 1. The Kier molecular flexibility index (Phi) is 6.04. The highest BCUT2D eigenvalue weighted by molar-refractivity contribution is 6.47. The van der Waals surface area contributed by atoms with Crippen molar-refractivity contribution in [2.24, 2.45) is 5.16 Å². The van der Waals surface area contributed by atoms with Crippen molar-refractivity contribution in [1.82, 2.24) is 9.97 Å². The minimum absolute atomic E-state index is 0.112. The summed E-state index contributed by atoms with van der Waals surface area (Å²) in [7, 11) is 1.16. The second-order valence-corrected chi connectivity index (χ2v) is 6.50. The summed E-state index contributed by atoms with van der Waals surface area (Å²) in [6, 6.07) is 12.0. The predicted molar refractivity (Wildman–Crippen MR) is 108 cm³/mol. The number of benzene rings is 2. The summed E-state index contributed by atoms with van der Waals surface area (Å²) in [4.78, 5) is 33.9. The number of esters is 1. The van der Waals surface area contributed by atoms with Crippen LogP contribution in [0.1, 0.15) is 17.2 Å². The van der Waals surface area contributed by atoms with Crippen molar-refractivity contribution in [3.63, 3.8) is 0 Å². The highest BCUT2D eigenvalue weighted by Gasteiger charge is 2.35. The topological polar surface area (TPSA) is 114 Å². The van der Waals surface area contributed by atoms with Crippen LogP contribution in [0.5, 0.6) is 0 Å². The third kappa shape index (κ3) is 4.17. The molecule has 0 aliphatic heterocycles. The largest absolute Gasteiger partial charge is 0.468 e. The summed E-state index contributed by atoms with van der Waals surface area (Å²) in [6.45, 7) is 1.72. The van der Waals surface area contributed by atoms with Crippen molar-refractivity contribution in [2.75, 3.05) is 12.4 Å². The zero-order valence-corrected chi connectivity index (χ0v) is 16.3. The van der Waals surface area contributed by atoms with E-state index in [1.165, 1.54) is 6.20 Å². The van der Waals surface area contributed by atoms with E-state index in [0.717, 1.165) is 7.11 Å². The van der Waals surface area contributed by atoms with Crippen molar-refractivity contribution < 1.29 is 19.5 Å². The van der Waals surface area contributed by atoms with Gasteiger partial charge in [-0.1, -0.05) is 35.0 Å². The van der Waals surface area contributed by atoms with Gasteiger partial charge in [-0.15, -0.1) is 0 Å². The summed E-state index contributed by atoms with van der Waals surface area (Å²) in [5, 5.41) is 15.7. The molecule has 148 valence electrons. The van der Waals surface area contributed by atoms with Gasteiger partial charge >= 0.3 is 5.97 Å². The Hall–Kier alpha value is -3.52. The maximum absolute atomic E-state index is 12.8. The smallest absolute Gasteiger partial charge is 0.321 e. The molecule has 2 N–H and O–H groups in total. The summed E-state index contributed by atoms with van der Waals surface area (Å²) in [6.07, 6.45) is 1.34. The third-order valence-corrected chi connectivity index (χ3v) is 4.74. The molecule has 9 heteroatoms. The molecule has 8 nitrogen and oxygen atoms in total. The van der Waals surface area contributed by atoms with Crippen LogP contribution in [-0.4, -0.2) is 39.9 Å². The second kappa shape index (κ2) is 8.66. The van der Waals surface area contributed by atoms with E-state index in [9.17, 15) is 14.8 Å². The van der Waals surface area contributed by atoms with Gasteiger partial charge in [-0.3, -0.25) is 14.6 Å². The molecular formula is C20H17ClN4O4. The molecule has 1 amide bonds. The Labute approximate surface area is 171 Å². The molecule has 29 heavy (non-hydrogen) atoms. The number of hydrogen-bond acceptors (Lipinski definition) is 7. The molecule has 0 aliphatic rings. The van der Waals surface area contributed by atoms with Crippen LogP contribution in [-0.2, 0) is 14.3 Å². The van der Waals surface area contributed by atoms with Crippen LogP contribution in [0.2, 0.25) is 5.02 Å². The summed E-state index contributed by atoms with van der Waals surface area (Å²) in [5.41, 5.74) is 1.79. The number of fused-ring (bicyclic) bond motifs is 1. The number of amides is 1. The molecule has 0 spiro atoms. The first kappa shape index (κ1) is 20.2. The van der Waals surface area contributed by atoms with Crippen LogP contribution in [0.15, 0.2) is 53.8 Å². The number of para-hydroxylation sites is 2. The van der Waals surface area contributed by atoms with Gasteiger partial charge in [-0.05, 0) is 36.8 Å². The molecule has 0 radical (unpaired) electrons. The van der Waals surface area contributed by atoms with E-state index >= 15 is 0 Å². The normalized spacial score (nSPS) is 12.4. The van der Waals surface area contributed by atoms with E-state index in [2.05, 4.69) is 20.4 Å². The molecule has 1 atom stereocenters. The first-order valence-corrected chi connectivity index (χ1v) is 8.92. The number of methoxy groups -OCH3 is 1. The lowest BCUT2D eigenvalue weighted by Gasteiger charge is -2.16. The van der Waals surface area contributed by atoms with Crippen LogP contribution in [0.25, 0.3) is 11.0 Å². The summed E-state index contributed by atoms with van der Waals surface area (Å²) in [5.74, 6) is -3.00. The predicted octanol–water partition coefficient (Wildman–Crippen LogP) is 3.32. The molecule has 0 aliphatic carbocycles. The fraction of sp³-hybridized carbons (Fsp3) is 0.150. The molecule has 3 rings (SSSR count). The number of hydrogen-bond donors (Lipinski definition) is 2. The number of oxime groups is 1. The van der Waals surface area contributed by atoms with Crippen molar-refractivity contribution in [3.05, 3.63) is 64.9 Å². The van der Waals surface area contributed by atoms with Gasteiger partial charge in [0.1, 0.15) is 0 Å². The summed E-state index contributed by atoms with van der Waals surface area (Å²) < 4.78 is 4.81. The number of anilines is 1. The average molecular weight is 413 g/mol. The SMILES string of the molecule is COC(=O)C(/C(=N\O)C(=O)Nc1cccc(Cl)c1C)c1cnc2ccccc2n1. The quantitative estimate of drug-likeness (QED) is 0.287. The zero-order chi connectivity index (χ0) is 21.0. The first-order valence-electron chi connectivity index (χ1n) is 8.54. The fourth-order valence-electron chi connectivity index (χ4n) is 2.76. The van der Waals surface area contributed by atoms with Gasteiger partial charge in [-0.2, -0.15) is 0 Å². The lowest BCUT2D eigenvalue weighted by atomic mass is 9.98. The molecule has 2 aromatic carbocycles. The average Bonchev–Trinajstić information content (AvgIpc) is 2.74. The van der Waals surface area contributed by atoms with E-state index in [1.807, 2.05) is 0 Å². The fourth-order valence-corrected chi connectivity index (χ4v) is 2.94. The molecule has 0 fully saturated rings. The lowest BCUT2D eigenvalue weighted by molar-refractivity contribution is -0.141. The minimum atomic E-state index is -1.37. The third-order valence-electron chi connectivity index (χ3n) is 4.33. The number of carbonyl (C=O) groups excluding carboxylic acids is 2. The lowest BCUT2D eigenvalue weighted by Crippen LogP contribution is -2.34. The number of aromatic nitrogens is 2. The van der Waals surface area contributed by atoms with Gasteiger partial charge < -0.3 is 15.3 Å². The molecule has 1 aromatic heterocycles. The van der Waals surface area contributed by atoms with Gasteiger partial charge in [0.2, 0.25) is 0 Å². The van der Waals surface area contributed by atoms with Gasteiger partial charge in [0.25, 0.3) is 5.91 Å². The highest BCUT2D eigenvalue weighted by Crippen LogP contribution is 2.25. The van der Waals surface area contributed by atoms with E-state index in [1.54, 1.807) is 49.4 Å². The number of nitrogens with zero attached hydrogens (tertiary/aromatic N) is 3. The maximum Gasteiger partial charge on any atom is 0.321 e. The van der Waals surface area contributed by atoms with Crippen molar-refractivity contribution in [2.45, 2.75) is 12.8 Å². The van der Waals surface area contributed by atoms with Crippen LogP contribution >= 0.6 is 11.6 Å². The Balaban J connectivity index is 2.00. The van der Waals surface area contributed by atoms with E-state index in [4.69, 9.17) is 16.3 Å². The molecule has 1 unspecified atom stereocenters.